The Morgan fingerprint density at radius 3 is 2.64 bits per heavy atom. The fraction of sp³-hybridized carbons (Fsp3) is 0.300. The number of aromatic nitrogens is 1. The topological polar surface area (TPSA) is 112 Å². The molecule has 0 unspecified atom stereocenters. The van der Waals surface area contributed by atoms with Crippen LogP contribution in [0.3, 0.4) is 0 Å². The van der Waals surface area contributed by atoms with Crippen LogP contribution in [-0.2, 0) is 20.7 Å². The summed E-state index contributed by atoms with van der Waals surface area (Å²) in [6.45, 7) is 4.82. The number of halogens is 1. The molecule has 0 atom stereocenters. The van der Waals surface area contributed by atoms with Crippen molar-refractivity contribution in [2.75, 3.05) is 11.9 Å². The number of rotatable bonds is 6. The predicted octanol–water partition coefficient (Wildman–Crippen LogP) is 2.94. The maximum Gasteiger partial charge on any atom is 0.306 e. The summed E-state index contributed by atoms with van der Waals surface area (Å²) < 4.78 is 4.99. The van der Waals surface area contributed by atoms with E-state index in [1.807, 2.05) is 13.0 Å². The third-order valence-corrected chi connectivity index (χ3v) is 4.57. The van der Waals surface area contributed by atoms with Crippen molar-refractivity contribution in [2.45, 2.75) is 33.6 Å². The van der Waals surface area contributed by atoms with E-state index in [4.69, 9.17) is 21.6 Å². The number of nitrogens with one attached hydrogen (secondary N) is 2. The van der Waals surface area contributed by atoms with Crippen molar-refractivity contribution in [1.82, 2.24) is 4.98 Å². The quantitative estimate of drug-likeness (QED) is 0.722. The van der Waals surface area contributed by atoms with Crippen LogP contribution in [0.25, 0.3) is 0 Å². The Bertz CT molecular complexity index is 1020. The Balaban J connectivity index is 1.91. The summed E-state index contributed by atoms with van der Waals surface area (Å²) >= 11 is 6.05. The Morgan fingerprint density at radius 2 is 2.00 bits per heavy atom. The first kappa shape index (κ1) is 21.2. The van der Waals surface area contributed by atoms with Gasteiger partial charge >= 0.3 is 5.97 Å². The first-order valence-electron chi connectivity index (χ1n) is 8.57. The van der Waals surface area contributed by atoms with Crippen molar-refractivity contribution in [1.29, 1.82) is 5.26 Å². The van der Waals surface area contributed by atoms with E-state index in [0.29, 0.717) is 27.5 Å². The molecule has 0 aliphatic rings. The SMILES string of the molecule is Cc1ccc(NC(=O)COC(=O)CCc2c(C)[nH]c(=O)c(C#N)c2C)c(Cl)c1. The Morgan fingerprint density at radius 1 is 1.29 bits per heavy atom. The number of anilines is 1. The van der Waals surface area contributed by atoms with Crippen LogP contribution in [-0.4, -0.2) is 23.5 Å². The summed E-state index contributed by atoms with van der Waals surface area (Å²) in [5.74, 6) is -1.06. The van der Waals surface area contributed by atoms with Gasteiger partial charge in [0.1, 0.15) is 11.6 Å². The van der Waals surface area contributed by atoms with E-state index in [9.17, 15) is 14.4 Å². The summed E-state index contributed by atoms with van der Waals surface area (Å²) in [5.41, 5.74) is 2.84. The lowest BCUT2D eigenvalue weighted by Gasteiger charge is -2.11. The molecule has 8 heteroatoms. The number of nitriles is 1. The molecule has 0 aliphatic heterocycles. The highest BCUT2D eigenvalue weighted by Gasteiger charge is 2.15. The van der Waals surface area contributed by atoms with Gasteiger partial charge in [-0.3, -0.25) is 14.4 Å². The number of nitrogens with zero attached hydrogens (tertiary/aromatic N) is 1. The highest BCUT2D eigenvalue weighted by molar-refractivity contribution is 6.33. The number of pyridine rings is 1. The molecule has 2 rings (SSSR count). The normalized spacial score (nSPS) is 10.2. The molecule has 1 aromatic carbocycles. The van der Waals surface area contributed by atoms with E-state index >= 15 is 0 Å². The van der Waals surface area contributed by atoms with Crippen molar-refractivity contribution in [3.8, 4) is 6.07 Å². The highest BCUT2D eigenvalue weighted by Crippen LogP contribution is 2.22. The van der Waals surface area contributed by atoms with Crippen molar-refractivity contribution < 1.29 is 14.3 Å². The van der Waals surface area contributed by atoms with Gasteiger partial charge in [-0.15, -0.1) is 0 Å². The maximum absolute atomic E-state index is 12.0. The summed E-state index contributed by atoms with van der Waals surface area (Å²) in [4.78, 5) is 38.2. The zero-order valence-corrected chi connectivity index (χ0v) is 16.6. The number of hydrogen-bond donors (Lipinski definition) is 2. The molecule has 1 amide bonds. The molecule has 0 saturated heterocycles. The number of aryl methyl sites for hydroxylation is 2. The van der Waals surface area contributed by atoms with E-state index in [-0.39, 0.29) is 18.4 Å². The van der Waals surface area contributed by atoms with Gasteiger partial charge in [0.05, 0.1) is 10.7 Å². The van der Waals surface area contributed by atoms with Crippen molar-refractivity contribution in [3.63, 3.8) is 0 Å². The van der Waals surface area contributed by atoms with E-state index in [0.717, 1.165) is 5.56 Å². The number of carbonyl (C=O) groups excluding carboxylic acids is 2. The predicted molar refractivity (Wildman–Crippen MR) is 105 cm³/mol. The average Bonchev–Trinajstić information content (AvgIpc) is 2.62. The number of esters is 1. The molecule has 28 heavy (non-hydrogen) atoms. The number of ether oxygens (including phenoxy) is 1. The Kier molecular flexibility index (Phi) is 6.96. The van der Waals surface area contributed by atoms with Gasteiger partial charge < -0.3 is 15.0 Å². The number of amides is 1. The van der Waals surface area contributed by atoms with Gasteiger partial charge in [-0.2, -0.15) is 5.26 Å². The minimum absolute atomic E-state index is 0.0111. The zero-order chi connectivity index (χ0) is 20.8. The lowest BCUT2D eigenvalue weighted by molar-refractivity contribution is -0.147. The summed E-state index contributed by atoms with van der Waals surface area (Å²) in [6, 6.07) is 7.06. The van der Waals surface area contributed by atoms with Crippen molar-refractivity contribution in [3.05, 3.63) is 61.5 Å². The summed E-state index contributed by atoms with van der Waals surface area (Å²) in [5, 5.41) is 12.1. The molecule has 1 heterocycles. The molecule has 0 fully saturated rings. The smallest absolute Gasteiger partial charge is 0.306 e. The zero-order valence-electron chi connectivity index (χ0n) is 15.8. The van der Waals surface area contributed by atoms with Crippen LogP contribution >= 0.6 is 11.6 Å². The molecule has 0 spiro atoms. The molecule has 0 bridgehead atoms. The van der Waals surface area contributed by atoms with Crippen LogP contribution in [0.2, 0.25) is 5.02 Å². The van der Waals surface area contributed by atoms with Gasteiger partial charge in [-0.05, 0) is 56.0 Å². The third kappa shape index (κ3) is 5.21. The van der Waals surface area contributed by atoms with Gasteiger partial charge in [-0.25, -0.2) is 0 Å². The van der Waals surface area contributed by atoms with Crippen molar-refractivity contribution in [2.24, 2.45) is 0 Å². The molecule has 2 N–H and O–H groups in total. The van der Waals surface area contributed by atoms with E-state index in [1.165, 1.54) is 0 Å². The number of aromatic amines is 1. The number of H-pyrrole nitrogens is 1. The lowest BCUT2D eigenvalue weighted by Crippen LogP contribution is -2.21. The fourth-order valence-corrected chi connectivity index (χ4v) is 3.06. The minimum atomic E-state index is -0.561. The molecule has 0 saturated carbocycles. The molecule has 7 nitrogen and oxygen atoms in total. The lowest BCUT2D eigenvalue weighted by atomic mass is 9.99. The third-order valence-electron chi connectivity index (χ3n) is 4.26. The van der Waals surface area contributed by atoms with Crippen LogP contribution in [0.4, 0.5) is 5.69 Å². The molecule has 0 radical (unpaired) electrons. The maximum atomic E-state index is 12.0. The van der Waals surface area contributed by atoms with Gasteiger partial charge in [0.25, 0.3) is 11.5 Å². The second-order valence-electron chi connectivity index (χ2n) is 6.36. The molecule has 1 aromatic heterocycles. The van der Waals surface area contributed by atoms with Crippen molar-refractivity contribution >= 4 is 29.2 Å². The van der Waals surface area contributed by atoms with E-state index in [1.54, 1.807) is 32.0 Å². The van der Waals surface area contributed by atoms with Gasteiger partial charge in [0.2, 0.25) is 0 Å². The molecular weight excluding hydrogens is 382 g/mol. The number of benzene rings is 1. The molecular formula is C20H20ClN3O4. The number of carbonyl (C=O) groups is 2. The second-order valence-corrected chi connectivity index (χ2v) is 6.77. The molecule has 0 aliphatic carbocycles. The monoisotopic (exact) mass is 401 g/mol. The summed E-state index contributed by atoms with van der Waals surface area (Å²) in [6.07, 6.45) is 0.296. The standard InChI is InChI=1S/C20H20ClN3O4/c1-11-4-6-17(16(21)8-11)24-18(25)10-28-19(26)7-5-14-12(2)15(9-22)20(27)23-13(14)3/h4,6,8H,5,7,10H2,1-3H3,(H,23,27)(H,24,25). The Hall–Kier alpha value is -3.11. The second kappa shape index (κ2) is 9.20. The molecule has 2 aromatic rings. The minimum Gasteiger partial charge on any atom is -0.456 e. The highest BCUT2D eigenvalue weighted by atomic mass is 35.5. The van der Waals surface area contributed by atoms with Gasteiger partial charge in [-0.1, -0.05) is 17.7 Å². The van der Waals surface area contributed by atoms with Crippen LogP contribution in [0.5, 0.6) is 0 Å². The van der Waals surface area contributed by atoms with Gasteiger partial charge in [0.15, 0.2) is 6.61 Å². The Labute approximate surface area is 167 Å². The van der Waals surface area contributed by atoms with Crippen LogP contribution < -0.4 is 10.9 Å². The first-order valence-corrected chi connectivity index (χ1v) is 8.94. The van der Waals surface area contributed by atoms with E-state index in [2.05, 4.69) is 10.3 Å². The largest absolute Gasteiger partial charge is 0.456 e. The van der Waals surface area contributed by atoms with Crippen LogP contribution in [0.15, 0.2) is 23.0 Å². The fourth-order valence-electron chi connectivity index (χ4n) is 2.77. The van der Waals surface area contributed by atoms with Gasteiger partial charge in [0, 0.05) is 12.1 Å². The first-order chi connectivity index (χ1) is 13.2. The average molecular weight is 402 g/mol. The molecule has 146 valence electrons. The van der Waals surface area contributed by atoms with E-state index < -0.39 is 24.0 Å². The summed E-state index contributed by atoms with van der Waals surface area (Å²) in [7, 11) is 0. The number of hydrogen-bond acceptors (Lipinski definition) is 5. The van der Waals surface area contributed by atoms with Crippen LogP contribution in [0.1, 0.15) is 34.4 Å². The van der Waals surface area contributed by atoms with Crippen LogP contribution in [0, 0.1) is 32.1 Å².